The highest BCUT2D eigenvalue weighted by Gasteiger charge is 2.20. The molecule has 6 nitrogen and oxygen atoms in total. The number of carboxylic acids is 1. The van der Waals surface area contributed by atoms with Crippen LogP contribution in [0.4, 0.5) is 5.69 Å². The number of aliphatic carboxylic acids is 1. The van der Waals surface area contributed by atoms with E-state index in [1.54, 1.807) is 6.07 Å². The monoisotopic (exact) mass is 284 g/mol. The minimum absolute atomic E-state index is 0.121. The first-order chi connectivity index (χ1) is 7.45. The Kier molecular flexibility index (Phi) is 3.58. The molecule has 0 spiro atoms. The smallest absolute Gasteiger partial charge is 0.307 e. The van der Waals surface area contributed by atoms with E-state index in [9.17, 15) is 14.9 Å². The number of rotatable bonds is 3. The van der Waals surface area contributed by atoms with Crippen molar-refractivity contribution in [1.82, 2.24) is 0 Å². The molecule has 1 rings (SSSR count). The van der Waals surface area contributed by atoms with Crippen LogP contribution >= 0.6 is 15.9 Å². The van der Waals surface area contributed by atoms with E-state index in [2.05, 4.69) is 15.9 Å². The predicted octanol–water partition coefficient (Wildman–Crippen LogP) is 1.86. The van der Waals surface area contributed by atoms with Crippen molar-refractivity contribution in [1.29, 1.82) is 5.26 Å². The molecule has 0 saturated heterocycles. The zero-order chi connectivity index (χ0) is 12.3. The van der Waals surface area contributed by atoms with Crippen molar-refractivity contribution in [3.63, 3.8) is 0 Å². The van der Waals surface area contributed by atoms with Gasteiger partial charge in [-0.1, -0.05) is 15.9 Å². The second-order valence-electron chi connectivity index (χ2n) is 2.90. The van der Waals surface area contributed by atoms with Crippen molar-refractivity contribution in [3.8, 4) is 6.07 Å². The highest BCUT2D eigenvalue weighted by Crippen LogP contribution is 2.27. The Morgan fingerprint density at radius 3 is 2.69 bits per heavy atom. The van der Waals surface area contributed by atoms with Gasteiger partial charge < -0.3 is 5.11 Å². The second kappa shape index (κ2) is 4.72. The molecular weight excluding hydrogens is 280 g/mol. The maximum Gasteiger partial charge on any atom is 0.307 e. The van der Waals surface area contributed by atoms with Gasteiger partial charge in [0.2, 0.25) is 0 Å². The van der Waals surface area contributed by atoms with Crippen LogP contribution in [0.2, 0.25) is 0 Å². The molecule has 0 aromatic heterocycles. The van der Waals surface area contributed by atoms with Crippen molar-refractivity contribution in [2.45, 2.75) is 6.42 Å². The average Bonchev–Trinajstić information content (AvgIpc) is 2.15. The first kappa shape index (κ1) is 12.1. The lowest BCUT2D eigenvalue weighted by Crippen LogP contribution is -2.04. The van der Waals surface area contributed by atoms with Crippen LogP contribution in [0.3, 0.4) is 0 Å². The third kappa shape index (κ3) is 2.55. The zero-order valence-corrected chi connectivity index (χ0v) is 9.39. The van der Waals surface area contributed by atoms with Crippen molar-refractivity contribution in [3.05, 3.63) is 37.8 Å². The molecule has 0 atom stereocenters. The summed E-state index contributed by atoms with van der Waals surface area (Å²) in [7, 11) is 0. The lowest BCUT2D eigenvalue weighted by atomic mass is 10.0. The van der Waals surface area contributed by atoms with E-state index in [4.69, 9.17) is 10.4 Å². The summed E-state index contributed by atoms with van der Waals surface area (Å²) < 4.78 is 0.370. The largest absolute Gasteiger partial charge is 0.481 e. The van der Waals surface area contributed by atoms with Crippen LogP contribution in [0.25, 0.3) is 0 Å². The van der Waals surface area contributed by atoms with Crippen molar-refractivity contribution >= 4 is 27.6 Å². The Hall–Kier alpha value is -1.94. The maximum absolute atomic E-state index is 10.7. The molecule has 1 N–H and O–H groups in total. The fraction of sp³-hybridized carbons (Fsp3) is 0.111. The number of benzene rings is 1. The Morgan fingerprint density at radius 2 is 2.25 bits per heavy atom. The lowest BCUT2D eigenvalue weighted by molar-refractivity contribution is -0.385. The number of carboxylic acid groups (broad SMARTS) is 1. The standard InChI is InChI=1S/C9H5BrN2O4/c10-6-1-5(2-9(13)14)7(4-11)8(3-6)12(15)16/h1,3H,2H2,(H,13,14). The summed E-state index contributed by atoms with van der Waals surface area (Å²) in [6.07, 6.45) is -0.427. The Labute approximate surface area is 98.4 Å². The van der Waals surface area contributed by atoms with Gasteiger partial charge in [-0.3, -0.25) is 14.9 Å². The average molecular weight is 285 g/mol. The van der Waals surface area contributed by atoms with E-state index in [-0.39, 0.29) is 11.1 Å². The van der Waals surface area contributed by atoms with Gasteiger partial charge in [0.15, 0.2) is 0 Å². The predicted molar refractivity (Wildman–Crippen MR) is 56.9 cm³/mol. The topological polar surface area (TPSA) is 104 Å². The van der Waals surface area contributed by atoms with E-state index in [1.165, 1.54) is 12.1 Å². The summed E-state index contributed by atoms with van der Waals surface area (Å²) >= 11 is 3.03. The molecule has 0 aliphatic rings. The number of carbonyl (C=O) groups is 1. The molecule has 7 heteroatoms. The molecule has 0 saturated carbocycles. The minimum Gasteiger partial charge on any atom is -0.481 e. The minimum atomic E-state index is -1.15. The molecule has 0 unspecified atom stereocenters. The van der Waals surface area contributed by atoms with E-state index in [0.29, 0.717) is 4.47 Å². The summed E-state index contributed by atoms with van der Waals surface area (Å²) in [4.78, 5) is 20.5. The first-order valence-electron chi connectivity index (χ1n) is 4.04. The van der Waals surface area contributed by atoms with Crippen LogP contribution in [0.15, 0.2) is 16.6 Å². The number of halogens is 1. The maximum atomic E-state index is 10.7. The van der Waals surface area contributed by atoms with Gasteiger partial charge in [0, 0.05) is 10.5 Å². The van der Waals surface area contributed by atoms with Crippen LogP contribution in [-0.4, -0.2) is 16.0 Å². The van der Waals surface area contributed by atoms with E-state index < -0.39 is 23.0 Å². The molecule has 16 heavy (non-hydrogen) atoms. The molecule has 0 amide bonds. The summed E-state index contributed by atoms with van der Waals surface area (Å²) in [6.45, 7) is 0. The molecule has 82 valence electrons. The van der Waals surface area contributed by atoms with Gasteiger partial charge in [-0.2, -0.15) is 5.26 Å². The second-order valence-corrected chi connectivity index (χ2v) is 3.81. The highest BCUT2D eigenvalue weighted by atomic mass is 79.9. The van der Waals surface area contributed by atoms with Crippen LogP contribution in [0.5, 0.6) is 0 Å². The number of hydrogen-bond donors (Lipinski definition) is 1. The van der Waals surface area contributed by atoms with Gasteiger partial charge >= 0.3 is 5.97 Å². The van der Waals surface area contributed by atoms with E-state index in [0.717, 1.165) is 0 Å². The summed E-state index contributed by atoms with van der Waals surface area (Å²) in [6, 6.07) is 4.21. The normalized spacial score (nSPS) is 9.50. The lowest BCUT2D eigenvalue weighted by Gasteiger charge is -2.02. The highest BCUT2D eigenvalue weighted by molar-refractivity contribution is 9.10. The van der Waals surface area contributed by atoms with Crippen LogP contribution in [0, 0.1) is 21.4 Å². The fourth-order valence-electron chi connectivity index (χ4n) is 1.22. The fourth-order valence-corrected chi connectivity index (χ4v) is 1.72. The van der Waals surface area contributed by atoms with Gasteiger partial charge in [-0.15, -0.1) is 0 Å². The summed E-state index contributed by atoms with van der Waals surface area (Å²) in [5.74, 6) is -1.15. The number of hydrogen-bond acceptors (Lipinski definition) is 4. The van der Waals surface area contributed by atoms with Gasteiger partial charge in [-0.05, 0) is 11.6 Å². The Balaban J connectivity index is 3.43. The number of nitriles is 1. The molecule has 0 fully saturated rings. The van der Waals surface area contributed by atoms with Gasteiger partial charge in [-0.25, -0.2) is 0 Å². The third-order valence-electron chi connectivity index (χ3n) is 1.81. The molecule has 0 aliphatic carbocycles. The van der Waals surface area contributed by atoms with Crippen LogP contribution in [-0.2, 0) is 11.2 Å². The zero-order valence-electron chi connectivity index (χ0n) is 7.81. The Morgan fingerprint density at radius 1 is 1.62 bits per heavy atom. The SMILES string of the molecule is N#Cc1c(CC(=O)O)cc(Br)cc1[N+](=O)[O-]. The first-order valence-corrected chi connectivity index (χ1v) is 4.83. The van der Waals surface area contributed by atoms with Crippen LogP contribution in [0.1, 0.15) is 11.1 Å². The molecule has 1 aromatic carbocycles. The van der Waals surface area contributed by atoms with E-state index >= 15 is 0 Å². The van der Waals surface area contributed by atoms with Crippen LogP contribution < -0.4 is 0 Å². The number of nitro groups is 1. The molecule has 1 aromatic rings. The summed E-state index contributed by atoms with van der Waals surface area (Å²) in [5.41, 5.74) is -0.486. The third-order valence-corrected chi connectivity index (χ3v) is 2.27. The molecule has 0 radical (unpaired) electrons. The molecule has 0 bridgehead atoms. The van der Waals surface area contributed by atoms with Gasteiger partial charge in [0.05, 0.1) is 11.3 Å². The van der Waals surface area contributed by atoms with Crippen molar-refractivity contribution in [2.75, 3.05) is 0 Å². The molecule has 0 aliphatic heterocycles. The molecule has 0 heterocycles. The quantitative estimate of drug-likeness (QED) is 0.674. The van der Waals surface area contributed by atoms with E-state index in [1.807, 2.05) is 0 Å². The number of nitro benzene ring substituents is 1. The van der Waals surface area contributed by atoms with Gasteiger partial charge in [0.25, 0.3) is 5.69 Å². The summed E-state index contributed by atoms with van der Waals surface area (Å²) in [5, 5.41) is 28.1. The molecular formula is C9H5BrN2O4. The number of nitrogens with zero attached hydrogens (tertiary/aromatic N) is 2. The van der Waals surface area contributed by atoms with Gasteiger partial charge in [0.1, 0.15) is 11.6 Å². The Bertz CT molecular complexity index is 507. The van der Waals surface area contributed by atoms with Crippen molar-refractivity contribution in [2.24, 2.45) is 0 Å². The van der Waals surface area contributed by atoms with Crippen molar-refractivity contribution < 1.29 is 14.8 Å².